The molecule has 38 heavy (non-hydrogen) atoms. The van der Waals surface area contributed by atoms with Gasteiger partial charge in [-0.2, -0.15) is 0 Å². The van der Waals surface area contributed by atoms with E-state index in [0.717, 1.165) is 32.2 Å². The van der Waals surface area contributed by atoms with Crippen LogP contribution in [0.2, 0.25) is 0 Å². The molecule has 0 fully saturated rings. The highest BCUT2D eigenvalue weighted by Crippen LogP contribution is 2.27. The average Bonchev–Trinajstić information content (AvgIpc) is 2.94. The van der Waals surface area contributed by atoms with Crippen LogP contribution in [0.15, 0.2) is 54.6 Å². The molecule has 0 saturated heterocycles. The van der Waals surface area contributed by atoms with Crippen molar-refractivity contribution in [2.45, 2.75) is 117 Å². The van der Waals surface area contributed by atoms with E-state index in [0.29, 0.717) is 12.6 Å². The number of unbranched alkanes of at least 4 members (excludes halogenated alkanes) is 6. The Morgan fingerprint density at radius 2 is 1.39 bits per heavy atom. The number of rotatable bonds is 19. The Kier molecular flexibility index (Phi) is 20.0. The zero-order chi connectivity index (χ0) is 28.0. The fraction of sp³-hybridized carbons (Fsp3) is 0.647. The summed E-state index contributed by atoms with van der Waals surface area (Å²) in [5, 5.41) is 17.5. The van der Waals surface area contributed by atoms with Crippen molar-refractivity contribution in [3.05, 3.63) is 71.3 Å². The summed E-state index contributed by atoms with van der Waals surface area (Å²) < 4.78 is 0. The molecule has 216 valence electrons. The molecule has 0 aliphatic rings. The third-order valence-electron chi connectivity index (χ3n) is 7.44. The van der Waals surface area contributed by atoms with Crippen molar-refractivity contribution in [1.29, 1.82) is 0 Å². The van der Waals surface area contributed by atoms with Crippen molar-refractivity contribution in [3.8, 4) is 0 Å². The Hall–Kier alpha value is -1.72. The van der Waals surface area contributed by atoms with E-state index in [9.17, 15) is 5.11 Å². The van der Waals surface area contributed by atoms with Crippen LogP contribution in [0.4, 0.5) is 0 Å². The lowest BCUT2D eigenvalue weighted by atomic mass is 9.96. The minimum absolute atomic E-state index is 0.207. The molecule has 3 N–H and O–H groups in total. The summed E-state index contributed by atoms with van der Waals surface area (Å²) in [6.07, 6.45) is 13.6. The van der Waals surface area contributed by atoms with Crippen LogP contribution in [-0.2, 0) is 6.42 Å². The molecule has 0 heterocycles. The van der Waals surface area contributed by atoms with Crippen molar-refractivity contribution >= 4 is 0 Å². The number of hydrogen-bond acceptors (Lipinski definition) is 4. The van der Waals surface area contributed by atoms with Gasteiger partial charge in [-0.3, -0.25) is 4.90 Å². The van der Waals surface area contributed by atoms with Gasteiger partial charge in [0.25, 0.3) is 0 Å². The second kappa shape index (κ2) is 22.1. The van der Waals surface area contributed by atoms with Crippen LogP contribution in [-0.4, -0.2) is 49.5 Å². The smallest absolute Gasteiger partial charge is 0.120 e. The number of aliphatic hydroxyl groups excluding tert-OH is 1. The standard InChI is InChI=1S/C25H39N3O.C9H20/c1-5-11-24(28(4)25(29)19-27-18-23(6-2)26-3)22-15-10-14-21(17-22)16-20-12-8-7-9-13-20;1-3-5-7-9-8-6-4-2/h7-10,12-15,17,23-27,29H,5-6,11,16,18-19H2,1-4H3;3-9H2,1-2H3. The maximum absolute atomic E-state index is 10.8. The number of nitrogens with zero attached hydrogens (tertiary/aromatic N) is 1. The van der Waals surface area contributed by atoms with Crippen LogP contribution in [0.25, 0.3) is 0 Å². The third-order valence-corrected chi connectivity index (χ3v) is 7.44. The first-order valence-electron chi connectivity index (χ1n) is 15.4. The summed E-state index contributed by atoms with van der Waals surface area (Å²) in [7, 11) is 4.02. The van der Waals surface area contributed by atoms with Gasteiger partial charge in [-0.15, -0.1) is 0 Å². The molecule has 0 aliphatic heterocycles. The molecule has 0 aromatic heterocycles. The molecule has 0 radical (unpaired) electrons. The summed E-state index contributed by atoms with van der Waals surface area (Å²) in [5.74, 6) is 0. The van der Waals surface area contributed by atoms with Crippen LogP contribution in [0.5, 0.6) is 0 Å². The third kappa shape index (κ3) is 14.4. The lowest BCUT2D eigenvalue weighted by Gasteiger charge is -2.33. The molecule has 3 unspecified atom stereocenters. The van der Waals surface area contributed by atoms with Gasteiger partial charge in [0.05, 0.1) is 0 Å². The Morgan fingerprint density at radius 1 is 0.763 bits per heavy atom. The van der Waals surface area contributed by atoms with Crippen LogP contribution in [0, 0.1) is 0 Å². The second-order valence-electron chi connectivity index (χ2n) is 10.7. The molecule has 3 atom stereocenters. The maximum atomic E-state index is 10.8. The maximum Gasteiger partial charge on any atom is 0.120 e. The molecule has 4 heteroatoms. The highest BCUT2D eigenvalue weighted by atomic mass is 16.3. The van der Waals surface area contributed by atoms with Gasteiger partial charge >= 0.3 is 0 Å². The van der Waals surface area contributed by atoms with Crippen LogP contribution >= 0.6 is 0 Å². The van der Waals surface area contributed by atoms with E-state index in [-0.39, 0.29) is 6.04 Å². The Labute approximate surface area is 235 Å². The molecular weight excluding hydrogens is 466 g/mol. The summed E-state index contributed by atoms with van der Waals surface area (Å²) in [5.41, 5.74) is 3.92. The number of likely N-dealkylation sites (N-methyl/N-ethyl adjacent to an activating group) is 2. The molecule has 2 aromatic rings. The summed E-state index contributed by atoms with van der Waals surface area (Å²) in [6.45, 7) is 10.3. The lowest BCUT2D eigenvalue weighted by molar-refractivity contribution is -0.00843. The van der Waals surface area contributed by atoms with E-state index >= 15 is 0 Å². The lowest BCUT2D eigenvalue weighted by Crippen LogP contribution is -2.45. The molecule has 0 bridgehead atoms. The number of benzene rings is 2. The summed E-state index contributed by atoms with van der Waals surface area (Å²) >= 11 is 0. The van der Waals surface area contributed by atoms with Gasteiger partial charge in [0.15, 0.2) is 0 Å². The Balaban J connectivity index is 0.000000686. The first-order valence-corrected chi connectivity index (χ1v) is 15.4. The van der Waals surface area contributed by atoms with E-state index < -0.39 is 6.23 Å². The second-order valence-corrected chi connectivity index (χ2v) is 10.7. The van der Waals surface area contributed by atoms with Crippen molar-refractivity contribution in [2.24, 2.45) is 0 Å². The molecule has 0 spiro atoms. The summed E-state index contributed by atoms with van der Waals surface area (Å²) in [4.78, 5) is 2.11. The molecule has 0 aliphatic carbocycles. The summed E-state index contributed by atoms with van der Waals surface area (Å²) in [6, 6.07) is 20.1. The number of nitrogens with one attached hydrogen (secondary N) is 2. The predicted octanol–water partition coefficient (Wildman–Crippen LogP) is 7.71. The molecule has 2 aromatic carbocycles. The van der Waals surface area contributed by atoms with Gasteiger partial charge < -0.3 is 15.7 Å². The minimum Gasteiger partial charge on any atom is -0.377 e. The minimum atomic E-state index is -0.515. The van der Waals surface area contributed by atoms with Crippen LogP contribution in [0.3, 0.4) is 0 Å². The van der Waals surface area contributed by atoms with Crippen molar-refractivity contribution in [1.82, 2.24) is 15.5 Å². The van der Waals surface area contributed by atoms with E-state index in [1.54, 1.807) is 0 Å². The first-order chi connectivity index (χ1) is 18.5. The van der Waals surface area contributed by atoms with E-state index in [1.165, 1.54) is 61.6 Å². The van der Waals surface area contributed by atoms with Gasteiger partial charge in [-0.1, -0.05) is 134 Å². The fourth-order valence-corrected chi connectivity index (χ4v) is 4.84. The molecule has 4 nitrogen and oxygen atoms in total. The normalized spacial score (nSPS) is 13.6. The molecule has 0 saturated carbocycles. The molecule has 0 amide bonds. The van der Waals surface area contributed by atoms with E-state index in [2.05, 4.69) is 97.8 Å². The monoisotopic (exact) mass is 525 g/mol. The van der Waals surface area contributed by atoms with Crippen LogP contribution < -0.4 is 10.6 Å². The fourth-order valence-electron chi connectivity index (χ4n) is 4.84. The van der Waals surface area contributed by atoms with E-state index in [1.807, 2.05) is 14.1 Å². The highest BCUT2D eigenvalue weighted by molar-refractivity contribution is 5.31. The molecular formula is C34H59N3O. The quantitative estimate of drug-likeness (QED) is 0.130. The zero-order valence-electron chi connectivity index (χ0n) is 25.5. The van der Waals surface area contributed by atoms with Crippen molar-refractivity contribution < 1.29 is 5.11 Å². The Bertz CT molecular complexity index is 787. The number of aliphatic hydroxyl groups is 1. The van der Waals surface area contributed by atoms with Crippen molar-refractivity contribution in [2.75, 3.05) is 27.2 Å². The van der Waals surface area contributed by atoms with Crippen molar-refractivity contribution in [3.63, 3.8) is 0 Å². The SMILES string of the molecule is CCCC(c1cccc(Cc2ccccc2)c1)N(C)C(O)CNCC(CC)NC.CCCCCCCCC. The predicted molar refractivity (Wildman–Crippen MR) is 167 cm³/mol. The van der Waals surface area contributed by atoms with Gasteiger partial charge in [-0.25, -0.2) is 0 Å². The van der Waals surface area contributed by atoms with Gasteiger partial charge in [0.2, 0.25) is 0 Å². The van der Waals surface area contributed by atoms with Crippen LogP contribution in [0.1, 0.15) is 115 Å². The Morgan fingerprint density at radius 3 is 1.97 bits per heavy atom. The average molecular weight is 526 g/mol. The van der Waals surface area contributed by atoms with Gasteiger partial charge in [0.1, 0.15) is 6.23 Å². The zero-order valence-corrected chi connectivity index (χ0v) is 25.5. The highest BCUT2D eigenvalue weighted by Gasteiger charge is 2.22. The van der Waals surface area contributed by atoms with Gasteiger partial charge in [0, 0.05) is 25.2 Å². The first kappa shape index (κ1) is 34.3. The van der Waals surface area contributed by atoms with Gasteiger partial charge in [-0.05, 0) is 50.0 Å². The molecule has 2 rings (SSSR count). The number of hydrogen-bond donors (Lipinski definition) is 3. The largest absolute Gasteiger partial charge is 0.377 e. The van der Waals surface area contributed by atoms with E-state index in [4.69, 9.17) is 0 Å². The topological polar surface area (TPSA) is 47.5 Å².